The highest BCUT2D eigenvalue weighted by Crippen LogP contribution is 2.29. The highest BCUT2D eigenvalue weighted by Gasteiger charge is 2.48. The van der Waals surface area contributed by atoms with Crippen LogP contribution in [0.4, 0.5) is 0 Å². The van der Waals surface area contributed by atoms with Gasteiger partial charge < -0.3 is 34.6 Å². The van der Waals surface area contributed by atoms with E-state index in [1.54, 1.807) is 12.1 Å². The lowest BCUT2D eigenvalue weighted by molar-refractivity contribution is -0.297. The van der Waals surface area contributed by atoms with Crippen molar-refractivity contribution in [1.29, 1.82) is 0 Å². The molecular weight excluding hydrogens is 388 g/mol. The minimum absolute atomic E-state index is 0.0808. The normalized spacial score (nSPS) is 27.6. The lowest BCUT2D eigenvalue weighted by Crippen LogP contribution is -2.62. The topological polar surface area (TPSA) is 109 Å². The quantitative estimate of drug-likeness (QED) is 0.283. The molecule has 1 aromatic carbocycles. The fourth-order valence-corrected chi connectivity index (χ4v) is 3.49. The third-order valence-corrected chi connectivity index (χ3v) is 5.23. The number of ether oxygens (including phenoxy) is 3. The van der Waals surface area contributed by atoms with Crippen molar-refractivity contribution in [3.63, 3.8) is 0 Å². The fraction of sp³-hybridized carbons (Fsp3) is 0.652. The smallest absolute Gasteiger partial charge is 0.229 e. The molecule has 7 nitrogen and oxygen atoms in total. The molecule has 0 amide bonds. The van der Waals surface area contributed by atoms with Gasteiger partial charge in [-0.3, -0.25) is 0 Å². The zero-order chi connectivity index (χ0) is 21.9. The molecule has 4 N–H and O–H groups in total. The molecule has 0 unspecified atom stereocenters. The number of aliphatic hydroxyl groups is 4. The summed E-state index contributed by atoms with van der Waals surface area (Å²) in [5.41, 5.74) is 1.09. The SMILES string of the molecule is C=CCc1ccc(O[C@H]2O[C@H]([C@H](O)CCCO)[C@@H](O)[C@H](O)[C@H]2OCCCCC)cc1. The Kier molecular flexibility index (Phi) is 10.8. The third-order valence-electron chi connectivity index (χ3n) is 5.23. The van der Waals surface area contributed by atoms with Crippen molar-refractivity contribution in [2.75, 3.05) is 13.2 Å². The van der Waals surface area contributed by atoms with Crippen molar-refractivity contribution in [3.8, 4) is 5.75 Å². The van der Waals surface area contributed by atoms with Crippen LogP contribution in [0.25, 0.3) is 0 Å². The molecule has 1 aliphatic rings. The van der Waals surface area contributed by atoms with Crippen LogP contribution in [0.2, 0.25) is 0 Å². The third kappa shape index (κ3) is 7.04. The Morgan fingerprint density at radius 3 is 2.50 bits per heavy atom. The second-order valence-electron chi connectivity index (χ2n) is 7.68. The van der Waals surface area contributed by atoms with Crippen LogP contribution in [0.15, 0.2) is 36.9 Å². The van der Waals surface area contributed by atoms with Crippen molar-refractivity contribution in [1.82, 2.24) is 0 Å². The molecule has 0 spiro atoms. The van der Waals surface area contributed by atoms with Crippen LogP contribution in [0.3, 0.4) is 0 Å². The van der Waals surface area contributed by atoms with Crippen LogP contribution >= 0.6 is 0 Å². The molecular formula is C23H36O7. The van der Waals surface area contributed by atoms with Crippen LogP contribution in [-0.2, 0) is 15.9 Å². The van der Waals surface area contributed by atoms with E-state index >= 15 is 0 Å². The Labute approximate surface area is 178 Å². The molecule has 0 bridgehead atoms. The molecule has 1 fully saturated rings. The standard InChI is InChI=1S/C23H36O7/c1-3-5-6-15-28-22-20(27)19(26)21(18(25)9-7-14-24)30-23(22)29-17-12-10-16(8-4-2)11-13-17/h4,10-13,18-27H,2-3,5-9,14-15H2,1H3/t18-,19+,20+,21-,22-,23+/m1/s1. The van der Waals surface area contributed by atoms with Gasteiger partial charge in [0.15, 0.2) is 0 Å². The largest absolute Gasteiger partial charge is 0.462 e. The van der Waals surface area contributed by atoms with Crippen LogP contribution in [-0.4, -0.2) is 70.4 Å². The van der Waals surface area contributed by atoms with Crippen LogP contribution < -0.4 is 4.74 Å². The molecule has 1 heterocycles. The van der Waals surface area contributed by atoms with Crippen LogP contribution in [0.1, 0.15) is 44.6 Å². The summed E-state index contributed by atoms with van der Waals surface area (Å²) in [4.78, 5) is 0. The minimum Gasteiger partial charge on any atom is -0.462 e. The van der Waals surface area contributed by atoms with E-state index in [2.05, 4.69) is 13.5 Å². The van der Waals surface area contributed by atoms with E-state index in [1.165, 1.54) is 0 Å². The van der Waals surface area contributed by atoms with Crippen molar-refractivity contribution in [2.45, 2.75) is 82.3 Å². The first-order valence-corrected chi connectivity index (χ1v) is 10.8. The molecule has 0 aromatic heterocycles. The number of benzene rings is 1. The van der Waals surface area contributed by atoms with Gasteiger partial charge in [0.2, 0.25) is 6.29 Å². The summed E-state index contributed by atoms with van der Waals surface area (Å²) < 4.78 is 17.7. The van der Waals surface area contributed by atoms with Crippen LogP contribution in [0.5, 0.6) is 5.75 Å². The number of rotatable bonds is 13. The van der Waals surface area contributed by atoms with Gasteiger partial charge in [-0.1, -0.05) is 38.0 Å². The van der Waals surface area contributed by atoms with Crippen molar-refractivity contribution in [3.05, 3.63) is 42.5 Å². The van der Waals surface area contributed by atoms with E-state index < -0.39 is 36.8 Å². The number of hydrogen-bond acceptors (Lipinski definition) is 7. The summed E-state index contributed by atoms with van der Waals surface area (Å²) in [6.07, 6.45) is -0.607. The Hall–Kier alpha value is -1.48. The molecule has 1 aliphatic heterocycles. The lowest BCUT2D eigenvalue weighted by atomic mass is 9.93. The van der Waals surface area contributed by atoms with Crippen LogP contribution in [0, 0.1) is 0 Å². The van der Waals surface area contributed by atoms with E-state index in [-0.39, 0.29) is 13.0 Å². The number of hydrogen-bond donors (Lipinski definition) is 4. The summed E-state index contributed by atoms with van der Waals surface area (Å²) in [7, 11) is 0. The monoisotopic (exact) mass is 424 g/mol. The van der Waals surface area contributed by atoms with Gasteiger partial charge in [-0.2, -0.15) is 0 Å². The van der Waals surface area contributed by atoms with Gasteiger partial charge in [-0.05, 0) is 43.4 Å². The lowest BCUT2D eigenvalue weighted by Gasteiger charge is -2.43. The highest BCUT2D eigenvalue weighted by atomic mass is 16.7. The van der Waals surface area contributed by atoms with Gasteiger partial charge in [-0.15, -0.1) is 6.58 Å². The van der Waals surface area contributed by atoms with E-state index in [1.807, 2.05) is 18.2 Å². The summed E-state index contributed by atoms with van der Waals surface area (Å²) in [6, 6.07) is 7.42. The van der Waals surface area contributed by atoms with Crippen molar-refractivity contribution in [2.24, 2.45) is 0 Å². The zero-order valence-electron chi connectivity index (χ0n) is 17.7. The van der Waals surface area contributed by atoms with Gasteiger partial charge in [0.25, 0.3) is 0 Å². The first-order valence-electron chi connectivity index (χ1n) is 10.8. The van der Waals surface area contributed by atoms with E-state index in [0.29, 0.717) is 18.8 Å². The Bertz CT molecular complexity index is 606. The highest BCUT2D eigenvalue weighted by molar-refractivity contribution is 5.28. The van der Waals surface area contributed by atoms with Gasteiger partial charge in [0, 0.05) is 13.2 Å². The first-order chi connectivity index (χ1) is 14.5. The Morgan fingerprint density at radius 2 is 1.87 bits per heavy atom. The molecule has 170 valence electrons. The van der Waals surface area contributed by atoms with Crippen molar-refractivity contribution < 1.29 is 34.6 Å². The number of allylic oxidation sites excluding steroid dienone is 1. The average molecular weight is 425 g/mol. The van der Waals surface area contributed by atoms with E-state index in [0.717, 1.165) is 31.2 Å². The summed E-state index contributed by atoms with van der Waals surface area (Å²) >= 11 is 0. The second-order valence-corrected chi connectivity index (χ2v) is 7.68. The maximum Gasteiger partial charge on any atom is 0.229 e. The molecule has 7 heteroatoms. The maximum absolute atomic E-state index is 10.7. The molecule has 1 saturated heterocycles. The number of aliphatic hydroxyl groups excluding tert-OH is 4. The predicted octanol–water partition coefficient (Wildman–Crippen LogP) is 1.95. The zero-order valence-corrected chi connectivity index (χ0v) is 17.7. The summed E-state index contributed by atoms with van der Waals surface area (Å²) in [6.45, 7) is 6.14. The molecule has 0 radical (unpaired) electrons. The summed E-state index contributed by atoms with van der Waals surface area (Å²) in [5, 5.41) is 40.6. The molecule has 30 heavy (non-hydrogen) atoms. The number of unbranched alkanes of at least 4 members (excludes halogenated alkanes) is 2. The molecule has 1 aromatic rings. The Morgan fingerprint density at radius 1 is 1.13 bits per heavy atom. The maximum atomic E-state index is 10.7. The molecule has 0 aliphatic carbocycles. The second kappa shape index (κ2) is 13.0. The fourth-order valence-electron chi connectivity index (χ4n) is 3.49. The predicted molar refractivity (Wildman–Crippen MR) is 113 cm³/mol. The molecule has 2 rings (SSSR count). The Balaban J connectivity index is 2.13. The van der Waals surface area contributed by atoms with Gasteiger partial charge >= 0.3 is 0 Å². The molecule has 6 atom stereocenters. The van der Waals surface area contributed by atoms with Gasteiger partial charge in [0.1, 0.15) is 30.2 Å². The van der Waals surface area contributed by atoms with E-state index in [9.17, 15) is 15.3 Å². The van der Waals surface area contributed by atoms with Gasteiger partial charge in [0.05, 0.1) is 6.10 Å². The minimum atomic E-state index is -1.33. The van der Waals surface area contributed by atoms with Crippen molar-refractivity contribution >= 4 is 0 Å². The van der Waals surface area contributed by atoms with Gasteiger partial charge in [-0.25, -0.2) is 0 Å². The first kappa shape index (κ1) is 24.8. The van der Waals surface area contributed by atoms with E-state index in [4.69, 9.17) is 19.3 Å². The average Bonchev–Trinajstić information content (AvgIpc) is 2.75. The molecule has 0 saturated carbocycles. The summed E-state index contributed by atoms with van der Waals surface area (Å²) in [5.74, 6) is 0.530.